The molecule has 1 aromatic carbocycles. The van der Waals surface area contributed by atoms with Crippen molar-refractivity contribution in [1.29, 1.82) is 0 Å². The number of ketones is 1. The zero-order valence-electron chi connectivity index (χ0n) is 12.5. The Hall–Kier alpha value is -1.09. The van der Waals surface area contributed by atoms with E-state index >= 15 is 0 Å². The SMILES string of the molecule is CC(C)Cc1ccc(C(C)C(=O)C=S(C)(C)=O)cc1. The first-order valence-corrected chi connectivity index (χ1v) is 9.04. The number of benzene rings is 1. The van der Waals surface area contributed by atoms with E-state index in [4.69, 9.17) is 0 Å². The van der Waals surface area contributed by atoms with E-state index in [9.17, 15) is 9.00 Å². The molecule has 3 heteroatoms. The molecule has 0 radical (unpaired) electrons. The Bertz CT molecular complexity index is 539. The maximum Gasteiger partial charge on any atom is 0.170 e. The molecule has 0 aliphatic carbocycles. The highest BCUT2D eigenvalue weighted by molar-refractivity contribution is 8.01. The first kappa shape index (κ1) is 16.0. The van der Waals surface area contributed by atoms with Gasteiger partial charge in [-0.05, 0) is 33.0 Å². The summed E-state index contributed by atoms with van der Waals surface area (Å²) >= 11 is 0. The molecular formula is C16H24O2S. The molecule has 0 heterocycles. The van der Waals surface area contributed by atoms with E-state index in [2.05, 4.69) is 26.0 Å². The van der Waals surface area contributed by atoms with Crippen LogP contribution in [0.1, 0.15) is 37.8 Å². The molecule has 0 spiro atoms. The zero-order valence-corrected chi connectivity index (χ0v) is 13.3. The number of carbonyl (C=O) groups is 1. The molecule has 106 valence electrons. The molecule has 0 aromatic heterocycles. The highest BCUT2D eigenvalue weighted by atomic mass is 32.2. The standard InChI is InChI=1S/C16H24O2S/c1-12(2)10-14-6-8-15(9-7-14)13(3)16(17)11-19(4,5)18/h6-9,11-13H,10H2,1-5H3. The topological polar surface area (TPSA) is 34.1 Å². The van der Waals surface area contributed by atoms with Gasteiger partial charge in [-0.3, -0.25) is 9.00 Å². The summed E-state index contributed by atoms with van der Waals surface area (Å²) in [5.41, 5.74) is 2.27. The van der Waals surface area contributed by atoms with E-state index in [-0.39, 0.29) is 11.7 Å². The molecule has 1 aromatic rings. The van der Waals surface area contributed by atoms with Gasteiger partial charge in [0.15, 0.2) is 5.78 Å². The fourth-order valence-electron chi connectivity index (χ4n) is 1.96. The van der Waals surface area contributed by atoms with E-state index < -0.39 is 9.52 Å². The van der Waals surface area contributed by atoms with Crippen molar-refractivity contribution in [2.75, 3.05) is 12.5 Å². The highest BCUT2D eigenvalue weighted by Gasteiger charge is 2.14. The van der Waals surface area contributed by atoms with E-state index in [1.165, 1.54) is 10.9 Å². The molecule has 0 saturated carbocycles. The number of Topliss-reactive ketones (excluding diaryl/α,β-unsaturated/α-hetero) is 1. The smallest absolute Gasteiger partial charge is 0.170 e. The van der Waals surface area contributed by atoms with E-state index in [0.717, 1.165) is 12.0 Å². The fourth-order valence-corrected chi connectivity index (χ4v) is 2.72. The molecule has 0 aliphatic rings. The highest BCUT2D eigenvalue weighted by Crippen LogP contribution is 2.18. The third-order valence-corrected chi connectivity index (χ3v) is 3.75. The van der Waals surface area contributed by atoms with Crippen LogP contribution < -0.4 is 0 Å². The second kappa shape index (κ2) is 6.38. The van der Waals surface area contributed by atoms with Crippen molar-refractivity contribution in [3.05, 3.63) is 35.4 Å². The molecule has 19 heavy (non-hydrogen) atoms. The van der Waals surface area contributed by atoms with Crippen LogP contribution in [0.2, 0.25) is 0 Å². The van der Waals surface area contributed by atoms with Crippen LogP contribution in [0, 0.1) is 5.92 Å². The Morgan fingerprint density at radius 2 is 1.68 bits per heavy atom. The molecule has 0 fully saturated rings. The van der Waals surface area contributed by atoms with Gasteiger partial charge in [0.1, 0.15) is 0 Å². The quantitative estimate of drug-likeness (QED) is 0.777. The lowest BCUT2D eigenvalue weighted by Gasteiger charge is -2.11. The summed E-state index contributed by atoms with van der Waals surface area (Å²) in [7, 11) is -2.12. The van der Waals surface area contributed by atoms with Gasteiger partial charge in [-0.1, -0.05) is 45.0 Å². The summed E-state index contributed by atoms with van der Waals surface area (Å²) in [6, 6.07) is 8.16. The van der Waals surface area contributed by atoms with Crippen LogP contribution in [0.15, 0.2) is 24.3 Å². The summed E-state index contributed by atoms with van der Waals surface area (Å²) < 4.78 is 11.6. The number of hydrogen-bond donors (Lipinski definition) is 0. The van der Waals surface area contributed by atoms with Gasteiger partial charge in [-0.15, -0.1) is 0 Å². The average Bonchev–Trinajstić information content (AvgIpc) is 2.26. The van der Waals surface area contributed by atoms with Crippen LogP contribution in [0.25, 0.3) is 0 Å². The fraction of sp³-hybridized carbons (Fsp3) is 0.500. The lowest BCUT2D eigenvalue weighted by molar-refractivity contribution is -0.113. The molecule has 1 unspecified atom stereocenters. The molecule has 1 atom stereocenters. The number of hydrogen-bond acceptors (Lipinski definition) is 2. The summed E-state index contributed by atoms with van der Waals surface area (Å²) in [4.78, 5) is 12.0. The van der Waals surface area contributed by atoms with Crippen LogP contribution in [0.5, 0.6) is 0 Å². The Kier molecular flexibility index (Phi) is 5.36. The molecule has 0 saturated heterocycles. The monoisotopic (exact) mass is 280 g/mol. The second-order valence-electron chi connectivity index (χ2n) is 5.89. The van der Waals surface area contributed by atoms with Crippen molar-refractivity contribution in [3.63, 3.8) is 0 Å². The van der Waals surface area contributed by atoms with Gasteiger partial charge < -0.3 is 0 Å². The zero-order chi connectivity index (χ0) is 14.6. The van der Waals surface area contributed by atoms with Gasteiger partial charge in [0, 0.05) is 23.8 Å². The van der Waals surface area contributed by atoms with Crippen LogP contribution in [0.3, 0.4) is 0 Å². The van der Waals surface area contributed by atoms with Crippen LogP contribution in [-0.4, -0.2) is 27.9 Å². The third kappa shape index (κ3) is 5.60. The summed E-state index contributed by atoms with van der Waals surface area (Å²) in [5, 5.41) is 1.36. The van der Waals surface area contributed by atoms with Gasteiger partial charge in [-0.2, -0.15) is 0 Å². The molecule has 2 nitrogen and oxygen atoms in total. The van der Waals surface area contributed by atoms with Crippen molar-refractivity contribution in [3.8, 4) is 0 Å². The van der Waals surface area contributed by atoms with Gasteiger partial charge in [0.05, 0.1) is 0 Å². The molecule has 0 bridgehead atoms. The largest absolute Gasteiger partial charge is 0.294 e. The van der Waals surface area contributed by atoms with Crippen molar-refractivity contribution in [2.45, 2.75) is 33.1 Å². The minimum Gasteiger partial charge on any atom is -0.294 e. The molecule has 0 N–H and O–H groups in total. The predicted molar refractivity (Wildman–Crippen MR) is 84.5 cm³/mol. The van der Waals surface area contributed by atoms with Crippen LogP contribution in [-0.2, 0) is 20.7 Å². The molecule has 0 aliphatic heterocycles. The molecule has 1 rings (SSSR count). The van der Waals surface area contributed by atoms with Gasteiger partial charge >= 0.3 is 0 Å². The predicted octanol–water partition coefficient (Wildman–Crippen LogP) is 2.90. The lowest BCUT2D eigenvalue weighted by atomic mass is 9.95. The molecular weight excluding hydrogens is 256 g/mol. The summed E-state index contributed by atoms with van der Waals surface area (Å²) in [6.45, 7) is 6.24. The Labute approximate surface area is 117 Å². The maximum absolute atomic E-state index is 12.0. The maximum atomic E-state index is 12.0. The van der Waals surface area contributed by atoms with Crippen molar-refractivity contribution >= 4 is 20.7 Å². The van der Waals surface area contributed by atoms with E-state index in [0.29, 0.717) is 5.92 Å². The van der Waals surface area contributed by atoms with Gasteiger partial charge in [0.25, 0.3) is 0 Å². The molecule has 0 amide bonds. The minimum atomic E-state index is -2.12. The minimum absolute atomic E-state index is 0.0633. The van der Waals surface area contributed by atoms with Crippen molar-refractivity contribution < 1.29 is 9.00 Å². The van der Waals surface area contributed by atoms with Gasteiger partial charge in [0.2, 0.25) is 0 Å². The first-order valence-electron chi connectivity index (χ1n) is 6.60. The number of rotatable bonds is 5. The lowest BCUT2D eigenvalue weighted by Crippen LogP contribution is -2.15. The third-order valence-electron chi connectivity index (χ3n) is 2.95. The Morgan fingerprint density at radius 1 is 1.16 bits per heavy atom. The van der Waals surface area contributed by atoms with Crippen molar-refractivity contribution in [1.82, 2.24) is 0 Å². The summed E-state index contributed by atoms with van der Waals surface area (Å²) in [5.74, 6) is 0.337. The van der Waals surface area contributed by atoms with E-state index in [1.54, 1.807) is 12.5 Å². The second-order valence-corrected chi connectivity index (χ2v) is 8.74. The number of carbonyl (C=O) groups excluding carboxylic acids is 1. The van der Waals surface area contributed by atoms with Gasteiger partial charge in [-0.25, -0.2) is 0 Å². The summed E-state index contributed by atoms with van der Waals surface area (Å²) in [6.07, 6.45) is 4.22. The van der Waals surface area contributed by atoms with Crippen molar-refractivity contribution in [2.24, 2.45) is 5.92 Å². The Morgan fingerprint density at radius 3 is 2.11 bits per heavy atom. The normalized spacial score (nSPS) is 13.4. The van der Waals surface area contributed by atoms with Crippen LogP contribution >= 0.6 is 0 Å². The Balaban J connectivity index is 2.87. The first-order chi connectivity index (χ1) is 8.69. The van der Waals surface area contributed by atoms with Crippen LogP contribution in [0.4, 0.5) is 0 Å². The van der Waals surface area contributed by atoms with E-state index in [1.807, 2.05) is 19.1 Å². The average molecular weight is 280 g/mol.